The van der Waals surface area contributed by atoms with Gasteiger partial charge in [0.05, 0.1) is 0 Å². The number of hydrogen-bond donors (Lipinski definition) is 0. The average Bonchev–Trinajstić information content (AvgIpc) is 1.60. The Hall–Kier alpha value is -8.95. The van der Waals surface area contributed by atoms with Crippen LogP contribution in [-0.4, -0.2) is 59.4 Å². The maximum atomic E-state index is 13.2. The monoisotopic (exact) mass is 2260 g/mol. The topological polar surface area (TPSA) is 139 Å². The van der Waals surface area contributed by atoms with Gasteiger partial charge in [-0.25, -0.2) is 26.3 Å². The maximum Gasteiger partial charge on any atom is 0.128 e. The standard InChI is InChI=1S/C12H10N.3C11H7F2N2.C11H8N.2C9H5F2N2.5Ir/c1-10-5-7-11(8-6-10)12-4-2-3-9-13-12;3*1-7-4-5-14-9(6-7)8-2-3-10(12)15-11(8)13;1-2-6-10(7-3-1)11-8-4-5-9-12-11;2*10-7-2-3-9(8(11)6-7)13-5-1-4-12-13;;;;;/h2-7,9H,1H3;3*3-6H,1H3;1-6,8-9H;2*1-2,4-6H;;;;;/q7*-1;;;;;. The summed E-state index contributed by atoms with van der Waals surface area (Å²) in [5, 5.41) is 7.60. The van der Waals surface area contributed by atoms with E-state index in [4.69, 9.17) is 0 Å². The van der Waals surface area contributed by atoms with Gasteiger partial charge in [-0.3, -0.25) is 41.9 Å². The summed E-state index contributed by atoms with van der Waals surface area (Å²) < 4.78 is 131. The summed E-state index contributed by atoms with van der Waals surface area (Å²) in [5.74, 6) is -7.99. The van der Waals surface area contributed by atoms with Crippen molar-refractivity contribution in [2.45, 2.75) is 27.7 Å². The summed E-state index contributed by atoms with van der Waals surface area (Å²) in [4.78, 5) is 29.6. The van der Waals surface area contributed by atoms with Crippen LogP contribution in [0.3, 0.4) is 0 Å². The molecule has 0 amide bonds. The van der Waals surface area contributed by atoms with Gasteiger partial charge in [-0.05, 0) is 103 Å². The van der Waals surface area contributed by atoms with Crippen molar-refractivity contribution < 1.29 is 144 Å². The average molecular weight is 2260 g/mol. The SMILES string of the molecule is Cc1c[c-]c(-c2ccccn2)cc1.Cc1ccnc(-c2[c-]cc(F)nc2F)c1.Cc1ccnc(-c2[c-]cc(F)nc2F)c1.Cc1ccnc(-c2[c-]cc(F)nc2F)c1.Fc1c[c-]c(-n2cccn2)c(F)c1.Fc1c[c-]c(-n2cccn2)c(F)c1.[Ir].[Ir].[Ir].[Ir].[Ir].[c-]1ccccc1-c1ccccn1. The molecular weight excluding hydrogens is 2210 g/mol. The molecule has 0 N–H and O–H groups in total. The van der Waals surface area contributed by atoms with Crippen LogP contribution < -0.4 is 0 Å². The van der Waals surface area contributed by atoms with Crippen LogP contribution in [0.4, 0.5) is 43.9 Å². The molecule has 27 heteroatoms. The number of aryl methyl sites for hydroxylation is 4. The third-order valence-electron chi connectivity index (χ3n) is 12.5. The molecule has 0 bridgehead atoms. The molecule has 12 nitrogen and oxygen atoms in total. The molecule has 0 aliphatic carbocycles. The Balaban J connectivity index is 0.000000304. The van der Waals surface area contributed by atoms with E-state index in [9.17, 15) is 43.9 Å². The fraction of sp³-hybridized carbons (Fsp3) is 0.0541. The van der Waals surface area contributed by atoms with Crippen LogP contribution in [0.2, 0.25) is 0 Å². The Morgan fingerprint density at radius 3 is 0.980 bits per heavy atom. The molecule has 0 aliphatic rings. The van der Waals surface area contributed by atoms with Crippen molar-refractivity contribution in [1.82, 2.24) is 59.4 Å². The van der Waals surface area contributed by atoms with Crippen LogP contribution in [0.5, 0.6) is 0 Å². The second-order valence-electron chi connectivity index (χ2n) is 19.7. The molecule has 10 aromatic heterocycles. The maximum absolute atomic E-state index is 13.2. The van der Waals surface area contributed by atoms with Gasteiger partial charge in [-0.2, -0.15) is 22.3 Å². The first-order valence-corrected chi connectivity index (χ1v) is 28.4. The predicted molar refractivity (Wildman–Crippen MR) is 339 cm³/mol. The van der Waals surface area contributed by atoms with E-state index in [2.05, 4.69) is 106 Å². The molecule has 0 unspecified atom stereocenters. The van der Waals surface area contributed by atoms with Crippen LogP contribution in [0.1, 0.15) is 22.3 Å². The van der Waals surface area contributed by atoms with E-state index in [1.165, 1.54) is 27.3 Å². The molecule has 0 fully saturated rings. The van der Waals surface area contributed by atoms with Crippen molar-refractivity contribution in [3.63, 3.8) is 0 Å². The normalized spacial score (nSPS) is 9.68. The molecule has 0 saturated carbocycles. The van der Waals surface area contributed by atoms with Crippen molar-refractivity contribution in [2.24, 2.45) is 0 Å². The van der Waals surface area contributed by atoms with E-state index in [-0.39, 0.29) is 129 Å². The van der Waals surface area contributed by atoms with Crippen molar-refractivity contribution in [2.75, 3.05) is 0 Å². The van der Waals surface area contributed by atoms with E-state index < -0.39 is 59.0 Å². The first-order valence-electron chi connectivity index (χ1n) is 28.4. The van der Waals surface area contributed by atoms with Gasteiger partial charge in [-0.15, -0.1) is 114 Å². The molecular formula is C74H49F10Ir5N12-7. The minimum absolute atomic E-state index is 0. The number of rotatable bonds is 7. The molecule has 101 heavy (non-hydrogen) atoms. The van der Waals surface area contributed by atoms with Gasteiger partial charge in [-0.1, -0.05) is 101 Å². The zero-order chi connectivity index (χ0) is 68.3. The molecule has 5 radical (unpaired) electrons. The molecule has 14 rings (SSSR count). The van der Waals surface area contributed by atoms with Gasteiger partial charge in [0.15, 0.2) is 0 Å². The number of pyridine rings is 8. The Bertz CT molecular complexity index is 4400. The number of nitrogens with zero attached hydrogens (tertiary/aromatic N) is 12. The van der Waals surface area contributed by atoms with E-state index in [1.807, 2.05) is 93.6 Å². The van der Waals surface area contributed by atoms with Crippen LogP contribution in [0.25, 0.3) is 67.7 Å². The van der Waals surface area contributed by atoms with Gasteiger partial charge in [0.1, 0.15) is 35.7 Å². The molecule has 10 heterocycles. The predicted octanol–water partition coefficient (Wildman–Crippen LogP) is 16.9. The van der Waals surface area contributed by atoms with Crippen LogP contribution in [-0.2, 0) is 101 Å². The molecule has 0 spiro atoms. The largest absolute Gasteiger partial charge is 0.305 e. The minimum Gasteiger partial charge on any atom is -0.305 e. The number of benzene rings is 4. The zero-order valence-electron chi connectivity index (χ0n) is 52.7. The van der Waals surface area contributed by atoms with E-state index in [0.29, 0.717) is 17.1 Å². The number of aromatic nitrogens is 12. The van der Waals surface area contributed by atoms with Gasteiger partial charge < -0.3 is 24.9 Å². The molecule has 14 aromatic rings. The first-order chi connectivity index (χ1) is 46.4. The number of halogens is 10. The van der Waals surface area contributed by atoms with Gasteiger partial charge >= 0.3 is 0 Å². The Labute approximate surface area is 643 Å². The summed E-state index contributed by atoms with van der Waals surface area (Å²) in [6.45, 7) is 7.64. The minimum atomic E-state index is -0.895. The third-order valence-corrected chi connectivity index (χ3v) is 12.5. The molecule has 0 saturated heterocycles. The Kier molecular flexibility index (Phi) is 37.9. The third kappa shape index (κ3) is 27.5. The van der Waals surface area contributed by atoms with Crippen LogP contribution >= 0.6 is 0 Å². The Morgan fingerprint density at radius 2 is 0.683 bits per heavy atom. The molecule has 0 aliphatic heterocycles. The summed E-state index contributed by atoms with van der Waals surface area (Å²) in [5.41, 5.74) is 9.77. The fourth-order valence-corrected chi connectivity index (χ4v) is 7.96. The van der Waals surface area contributed by atoms with E-state index in [0.717, 1.165) is 81.7 Å². The fourth-order valence-electron chi connectivity index (χ4n) is 7.96. The molecule has 0 atom stereocenters. The van der Waals surface area contributed by atoms with Crippen molar-refractivity contribution in [3.8, 4) is 67.7 Å². The Morgan fingerprint density at radius 1 is 0.307 bits per heavy atom. The van der Waals surface area contributed by atoms with Crippen LogP contribution in [0.15, 0.2) is 226 Å². The summed E-state index contributed by atoms with van der Waals surface area (Å²) >= 11 is 0. The molecule has 527 valence electrons. The van der Waals surface area contributed by atoms with Crippen molar-refractivity contribution >= 4 is 0 Å². The first kappa shape index (κ1) is 86.3. The smallest absolute Gasteiger partial charge is 0.128 e. The van der Waals surface area contributed by atoms with Gasteiger partial charge in [0, 0.05) is 180 Å². The quantitative estimate of drug-likeness (QED) is 0.0861. The van der Waals surface area contributed by atoms with E-state index in [1.54, 1.807) is 91.9 Å². The number of hydrogen-bond acceptors (Lipinski definition) is 10. The summed E-state index contributed by atoms with van der Waals surface area (Å²) in [6, 6.07) is 64.8. The molecule has 4 aromatic carbocycles. The zero-order valence-corrected chi connectivity index (χ0v) is 64.7. The van der Waals surface area contributed by atoms with Crippen molar-refractivity contribution in [3.05, 3.63) is 349 Å². The summed E-state index contributed by atoms with van der Waals surface area (Å²) in [7, 11) is 0. The summed E-state index contributed by atoms with van der Waals surface area (Å²) in [6.07, 6.45) is 14.4. The van der Waals surface area contributed by atoms with Crippen LogP contribution in [0, 0.1) is 129 Å². The van der Waals surface area contributed by atoms with Gasteiger partial charge in [0.2, 0.25) is 0 Å². The second kappa shape index (κ2) is 44.3. The van der Waals surface area contributed by atoms with E-state index >= 15 is 0 Å². The van der Waals surface area contributed by atoms with Crippen molar-refractivity contribution in [1.29, 1.82) is 0 Å². The van der Waals surface area contributed by atoms with Gasteiger partial charge in [0.25, 0.3) is 0 Å². The second-order valence-corrected chi connectivity index (χ2v) is 19.7.